The Bertz CT molecular complexity index is 307. The zero-order valence-electron chi connectivity index (χ0n) is 10.4. The average molecular weight is 264 g/mol. The van der Waals surface area contributed by atoms with Crippen LogP contribution < -0.4 is 5.09 Å². The zero-order chi connectivity index (χ0) is 12.3. The normalized spacial score (nSPS) is 21.2. The summed E-state index contributed by atoms with van der Waals surface area (Å²) in [5.41, 5.74) is 0. The first-order chi connectivity index (χ1) is 7.44. The van der Waals surface area contributed by atoms with E-state index in [1.54, 1.807) is 14.1 Å². The van der Waals surface area contributed by atoms with Gasteiger partial charge in [-0.1, -0.05) is 25.2 Å². The van der Waals surface area contributed by atoms with E-state index in [1.165, 1.54) is 16.1 Å². The molecule has 0 radical (unpaired) electrons. The second-order valence-corrected chi connectivity index (χ2v) is 9.43. The fraction of sp³-hybridized carbons (Fsp3) is 0.900. The van der Waals surface area contributed by atoms with Gasteiger partial charge in [0.05, 0.1) is 0 Å². The Balaban J connectivity index is 2.69. The van der Waals surface area contributed by atoms with Gasteiger partial charge in [-0.05, 0) is 26.3 Å². The van der Waals surface area contributed by atoms with E-state index in [-0.39, 0.29) is 17.1 Å². The summed E-state index contributed by atoms with van der Waals surface area (Å²) in [6.45, 7) is 1.30. The van der Waals surface area contributed by atoms with Gasteiger partial charge in [0.1, 0.15) is 0 Å². The highest BCUT2D eigenvalue weighted by molar-refractivity contribution is 8.57. The lowest BCUT2D eigenvalue weighted by Gasteiger charge is -2.28. The van der Waals surface area contributed by atoms with E-state index < -0.39 is 6.65 Å². The van der Waals surface area contributed by atoms with Crippen molar-refractivity contribution in [2.24, 2.45) is 5.92 Å². The highest BCUT2D eigenvalue weighted by atomic mass is 32.7. The van der Waals surface area contributed by atoms with Crippen LogP contribution in [-0.2, 0) is 9.36 Å². The minimum Gasteiger partial charge on any atom is -0.276 e. The number of carbonyl (C=O) groups excluding carboxylic acids is 1. The van der Waals surface area contributed by atoms with Gasteiger partial charge in [0, 0.05) is 18.2 Å². The standard InChI is InChI=1S/C10H21N2O2PS/c1-5-8(2)16-15(14,11-3)12(4)10(13)9-6-7-9/h8-9H,5-7H2,1-4H3,(H,11,14). The maximum Gasteiger partial charge on any atom is 0.294 e. The molecule has 2 unspecified atom stereocenters. The Kier molecular flexibility index (Phi) is 4.89. The summed E-state index contributed by atoms with van der Waals surface area (Å²) >= 11 is 1.38. The fourth-order valence-corrected chi connectivity index (χ4v) is 5.82. The molecule has 0 aliphatic heterocycles. The van der Waals surface area contributed by atoms with E-state index in [1.807, 2.05) is 6.92 Å². The molecule has 0 aromatic rings. The molecular formula is C10H21N2O2PS. The van der Waals surface area contributed by atoms with Crippen LogP contribution in [0.25, 0.3) is 0 Å². The quantitative estimate of drug-likeness (QED) is 0.749. The molecule has 1 amide bonds. The molecule has 1 rings (SSSR count). The third-order valence-electron chi connectivity index (χ3n) is 2.82. The van der Waals surface area contributed by atoms with Crippen molar-refractivity contribution in [3.63, 3.8) is 0 Å². The average Bonchev–Trinajstić information content (AvgIpc) is 3.10. The molecule has 0 aromatic carbocycles. The van der Waals surface area contributed by atoms with Gasteiger partial charge in [0.2, 0.25) is 5.91 Å². The Morgan fingerprint density at radius 1 is 1.62 bits per heavy atom. The molecule has 4 nitrogen and oxygen atoms in total. The number of carbonyl (C=O) groups is 1. The third-order valence-corrected chi connectivity index (χ3v) is 8.57. The minimum absolute atomic E-state index is 0.0217. The summed E-state index contributed by atoms with van der Waals surface area (Å²) < 4.78 is 14.0. The number of hydrogen-bond donors (Lipinski definition) is 1. The molecule has 6 heteroatoms. The molecule has 0 heterocycles. The second-order valence-electron chi connectivity index (χ2n) is 4.20. The summed E-state index contributed by atoms with van der Waals surface area (Å²) in [6.07, 6.45) is 2.84. The minimum atomic E-state index is -2.78. The first kappa shape index (κ1) is 14.1. The van der Waals surface area contributed by atoms with E-state index in [4.69, 9.17) is 0 Å². The maximum absolute atomic E-state index is 12.6. The van der Waals surface area contributed by atoms with Gasteiger partial charge >= 0.3 is 0 Å². The lowest BCUT2D eigenvalue weighted by Crippen LogP contribution is -2.29. The number of nitrogens with zero attached hydrogens (tertiary/aromatic N) is 1. The van der Waals surface area contributed by atoms with Crippen molar-refractivity contribution in [3.05, 3.63) is 0 Å². The van der Waals surface area contributed by atoms with Gasteiger partial charge in [-0.2, -0.15) is 0 Å². The zero-order valence-corrected chi connectivity index (χ0v) is 12.1. The Hall–Kier alpha value is 0.0100. The van der Waals surface area contributed by atoms with Gasteiger partial charge in [-0.3, -0.25) is 14.0 Å². The van der Waals surface area contributed by atoms with Gasteiger partial charge in [0.25, 0.3) is 6.65 Å². The summed E-state index contributed by atoms with van der Waals surface area (Å²) in [4.78, 5) is 11.9. The van der Waals surface area contributed by atoms with Crippen LogP contribution in [0.4, 0.5) is 0 Å². The molecule has 16 heavy (non-hydrogen) atoms. The second kappa shape index (κ2) is 5.56. The van der Waals surface area contributed by atoms with Crippen LogP contribution in [0.15, 0.2) is 0 Å². The monoisotopic (exact) mass is 264 g/mol. The Labute approximate surface area is 102 Å². The number of rotatable bonds is 6. The van der Waals surface area contributed by atoms with Crippen molar-refractivity contribution in [2.45, 2.75) is 38.4 Å². The van der Waals surface area contributed by atoms with Crippen LogP contribution in [0.5, 0.6) is 0 Å². The topological polar surface area (TPSA) is 49.4 Å². The molecule has 1 N–H and O–H groups in total. The lowest BCUT2D eigenvalue weighted by molar-refractivity contribution is -0.126. The predicted octanol–water partition coefficient (Wildman–Crippen LogP) is 2.71. The van der Waals surface area contributed by atoms with Gasteiger partial charge in [-0.25, -0.2) is 5.09 Å². The van der Waals surface area contributed by atoms with Crippen molar-refractivity contribution in [1.29, 1.82) is 0 Å². The van der Waals surface area contributed by atoms with Crippen molar-refractivity contribution in [2.75, 3.05) is 14.1 Å². The van der Waals surface area contributed by atoms with Crippen molar-refractivity contribution < 1.29 is 9.36 Å². The highest BCUT2D eigenvalue weighted by Gasteiger charge is 2.39. The van der Waals surface area contributed by atoms with Crippen LogP contribution in [0.1, 0.15) is 33.1 Å². The summed E-state index contributed by atoms with van der Waals surface area (Å²) in [7, 11) is 3.31. The maximum atomic E-state index is 12.6. The van der Waals surface area contributed by atoms with E-state index >= 15 is 0 Å². The fourth-order valence-electron chi connectivity index (χ4n) is 1.32. The highest BCUT2D eigenvalue weighted by Crippen LogP contribution is 2.60. The largest absolute Gasteiger partial charge is 0.294 e. The third kappa shape index (κ3) is 3.25. The molecule has 1 fully saturated rings. The number of amides is 1. The molecule has 0 bridgehead atoms. The number of nitrogens with one attached hydrogen (secondary N) is 1. The molecule has 1 aliphatic carbocycles. The molecule has 2 atom stereocenters. The van der Waals surface area contributed by atoms with Crippen LogP contribution in [0.2, 0.25) is 0 Å². The molecule has 0 aromatic heterocycles. The summed E-state index contributed by atoms with van der Waals surface area (Å²) in [6, 6.07) is 0. The van der Waals surface area contributed by atoms with Crippen molar-refractivity contribution >= 4 is 23.9 Å². The van der Waals surface area contributed by atoms with Crippen LogP contribution in [0.3, 0.4) is 0 Å². The Morgan fingerprint density at radius 2 is 2.19 bits per heavy atom. The van der Waals surface area contributed by atoms with Crippen LogP contribution in [-0.4, -0.2) is 29.9 Å². The van der Waals surface area contributed by atoms with Crippen molar-refractivity contribution in [3.8, 4) is 0 Å². The first-order valence-electron chi connectivity index (χ1n) is 5.70. The van der Waals surface area contributed by atoms with E-state index in [2.05, 4.69) is 12.0 Å². The van der Waals surface area contributed by atoms with Gasteiger partial charge < -0.3 is 0 Å². The molecule has 94 valence electrons. The van der Waals surface area contributed by atoms with Crippen LogP contribution >= 0.6 is 18.0 Å². The smallest absolute Gasteiger partial charge is 0.276 e. The van der Waals surface area contributed by atoms with E-state index in [0.29, 0.717) is 0 Å². The molecule has 1 saturated carbocycles. The van der Waals surface area contributed by atoms with Gasteiger partial charge in [0.15, 0.2) is 0 Å². The molecule has 0 saturated heterocycles. The molecular weight excluding hydrogens is 243 g/mol. The molecule has 0 spiro atoms. The number of hydrogen-bond acceptors (Lipinski definition) is 3. The SMILES string of the molecule is CCC(C)SP(=O)(NC)N(C)C(=O)C1CC1. The van der Waals surface area contributed by atoms with E-state index in [9.17, 15) is 9.36 Å². The summed E-state index contributed by atoms with van der Waals surface area (Å²) in [5, 5.41) is 3.12. The van der Waals surface area contributed by atoms with Gasteiger partial charge in [-0.15, -0.1) is 0 Å². The predicted molar refractivity (Wildman–Crippen MR) is 69.5 cm³/mol. The first-order valence-corrected chi connectivity index (χ1v) is 8.84. The Morgan fingerprint density at radius 3 is 2.56 bits per heavy atom. The lowest BCUT2D eigenvalue weighted by atomic mass is 10.4. The summed E-state index contributed by atoms with van der Waals surface area (Å²) in [5.74, 6) is 0.137. The van der Waals surface area contributed by atoms with E-state index in [0.717, 1.165) is 19.3 Å². The van der Waals surface area contributed by atoms with Crippen LogP contribution in [0, 0.1) is 5.92 Å². The van der Waals surface area contributed by atoms with Crippen molar-refractivity contribution in [1.82, 2.24) is 9.76 Å². The molecule has 1 aliphatic rings.